The molecule has 0 saturated carbocycles. The predicted molar refractivity (Wildman–Crippen MR) is 47.2 cm³/mol. The van der Waals surface area contributed by atoms with E-state index in [9.17, 15) is 0 Å². The Labute approximate surface area is 79.9 Å². The number of nitrogens with zero attached hydrogens (tertiary/aromatic N) is 5. The number of hydrogen-bond acceptors (Lipinski definition) is 6. The van der Waals surface area contributed by atoms with E-state index in [1.165, 1.54) is 4.68 Å². The van der Waals surface area contributed by atoms with E-state index in [0.29, 0.717) is 12.4 Å². The first-order valence-electron chi connectivity index (χ1n) is 4.25. The van der Waals surface area contributed by atoms with Gasteiger partial charge in [-0.25, -0.2) is 9.67 Å². The summed E-state index contributed by atoms with van der Waals surface area (Å²) in [6.45, 7) is 2.36. The quantitative estimate of drug-likeness (QED) is 0.730. The fourth-order valence-corrected chi connectivity index (χ4v) is 1.04. The molecule has 0 aliphatic rings. The third-order valence-corrected chi connectivity index (χ3v) is 1.79. The number of aromatic nitrogens is 5. The summed E-state index contributed by atoms with van der Waals surface area (Å²) in [5, 5.41) is 10.6. The van der Waals surface area contributed by atoms with Gasteiger partial charge >= 0.3 is 0 Å². The van der Waals surface area contributed by atoms with Crippen LogP contribution in [0.2, 0.25) is 0 Å². The lowest BCUT2D eigenvalue weighted by molar-refractivity contribution is 0.435. The zero-order valence-electron chi connectivity index (χ0n) is 7.71. The second-order valence-corrected chi connectivity index (χ2v) is 2.77. The largest absolute Gasteiger partial charge is 0.444 e. The fourth-order valence-electron chi connectivity index (χ4n) is 1.04. The van der Waals surface area contributed by atoms with Crippen molar-refractivity contribution in [3.8, 4) is 0 Å². The average molecular weight is 194 g/mol. The predicted octanol–water partition coefficient (Wildman–Crippen LogP) is -0.146. The van der Waals surface area contributed by atoms with Crippen molar-refractivity contribution in [1.29, 1.82) is 0 Å². The van der Waals surface area contributed by atoms with Gasteiger partial charge in [-0.15, -0.1) is 0 Å². The molecular formula is C7H10N6O. The smallest absolute Gasteiger partial charge is 0.240 e. The van der Waals surface area contributed by atoms with Crippen LogP contribution in [0.5, 0.6) is 0 Å². The van der Waals surface area contributed by atoms with Gasteiger partial charge in [0, 0.05) is 6.42 Å². The van der Waals surface area contributed by atoms with E-state index >= 15 is 0 Å². The number of oxazole rings is 1. The van der Waals surface area contributed by atoms with Crippen LogP contribution in [0.15, 0.2) is 10.6 Å². The highest BCUT2D eigenvalue weighted by Crippen LogP contribution is 2.06. The molecule has 0 fully saturated rings. The first kappa shape index (κ1) is 8.67. The first-order valence-corrected chi connectivity index (χ1v) is 4.25. The van der Waals surface area contributed by atoms with Gasteiger partial charge in [0.15, 0.2) is 0 Å². The van der Waals surface area contributed by atoms with E-state index in [2.05, 4.69) is 20.5 Å². The zero-order chi connectivity index (χ0) is 9.97. The van der Waals surface area contributed by atoms with Crippen LogP contribution in [0, 0.1) is 0 Å². The molecule has 0 amide bonds. The molecule has 2 aromatic heterocycles. The van der Waals surface area contributed by atoms with Gasteiger partial charge in [0.25, 0.3) is 0 Å². The Bertz CT molecular complexity index is 419. The van der Waals surface area contributed by atoms with Crippen LogP contribution in [0.1, 0.15) is 18.6 Å². The van der Waals surface area contributed by atoms with Crippen molar-refractivity contribution in [3.63, 3.8) is 0 Å². The molecule has 0 bridgehead atoms. The SMILES string of the molecule is CCc1cnc(Cn2nnnc2N)o1. The number of nitrogens with two attached hydrogens (primary N) is 1. The molecule has 2 aromatic rings. The average Bonchev–Trinajstić information content (AvgIpc) is 2.77. The van der Waals surface area contributed by atoms with E-state index in [0.717, 1.165) is 12.2 Å². The number of anilines is 1. The van der Waals surface area contributed by atoms with Crippen molar-refractivity contribution in [3.05, 3.63) is 17.8 Å². The third-order valence-electron chi connectivity index (χ3n) is 1.79. The lowest BCUT2D eigenvalue weighted by Crippen LogP contribution is -2.06. The van der Waals surface area contributed by atoms with Crippen molar-refractivity contribution >= 4 is 5.95 Å². The van der Waals surface area contributed by atoms with Crippen LogP contribution in [0.25, 0.3) is 0 Å². The summed E-state index contributed by atoms with van der Waals surface area (Å²) in [6.07, 6.45) is 2.51. The normalized spacial score (nSPS) is 10.6. The summed E-state index contributed by atoms with van der Waals surface area (Å²) < 4.78 is 6.80. The Balaban J connectivity index is 2.15. The summed E-state index contributed by atoms with van der Waals surface area (Å²) >= 11 is 0. The Morgan fingerprint density at radius 2 is 2.43 bits per heavy atom. The topological polar surface area (TPSA) is 95.7 Å². The van der Waals surface area contributed by atoms with Gasteiger partial charge < -0.3 is 10.2 Å². The maximum absolute atomic E-state index is 5.49. The molecule has 2 heterocycles. The number of hydrogen-bond donors (Lipinski definition) is 1. The van der Waals surface area contributed by atoms with Gasteiger partial charge in [-0.3, -0.25) is 0 Å². The molecule has 7 nitrogen and oxygen atoms in total. The molecule has 14 heavy (non-hydrogen) atoms. The Kier molecular flexibility index (Phi) is 2.13. The summed E-state index contributed by atoms with van der Waals surface area (Å²) in [4.78, 5) is 4.06. The van der Waals surface area contributed by atoms with E-state index in [1.54, 1.807) is 6.20 Å². The van der Waals surface area contributed by atoms with E-state index in [1.807, 2.05) is 6.92 Å². The van der Waals surface area contributed by atoms with Gasteiger partial charge in [-0.1, -0.05) is 12.0 Å². The summed E-state index contributed by atoms with van der Waals surface area (Å²) in [7, 11) is 0. The molecule has 0 aromatic carbocycles. The second-order valence-electron chi connectivity index (χ2n) is 2.77. The molecule has 0 radical (unpaired) electrons. The molecule has 2 N–H and O–H groups in total. The van der Waals surface area contributed by atoms with Crippen LogP contribution in [-0.2, 0) is 13.0 Å². The Hall–Kier alpha value is -1.92. The van der Waals surface area contributed by atoms with Gasteiger partial charge in [0.2, 0.25) is 11.8 Å². The van der Waals surface area contributed by atoms with E-state index < -0.39 is 0 Å². The lowest BCUT2D eigenvalue weighted by atomic mass is 10.4. The molecule has 0 saturated heterocycles. The Morgan fingerprint density at radius 3 is 3.00 bits per heavy atom. The fraction of sp³-hybridized carbons (Fsp3) is 0.429. The van der Waals surface area contributed by atoms with Crippen LogP contribution < -0.4 is 5.73 Å². The van der Waals surface area contributed by atoms with Crippen molar-refractivity contribution in [2.75, 3.05) is 5.73 Å². The first-order chi connectivity index (χ1) is 6.79. The van der Waals surface area contributed by atoms with Crippen LogP contribution >= 0.6 is 0 Å². The highest BCUT2D eigenvalue weighted by Gasteiger charge is 2.06. The van der Waals surface area contributed by atoms with Gasteiger partial charge in [-0.05, 0) is 10.4 Å². The maximum atomic E-state index is 5.49. The highest BCUT2D eigenvalue weighted by molar-refractivity contribution is 5.11. The van der Waals surface area contributed by atoms with Gasteiger partial charge in [0.05, 0.1) is 6.20 Å². The van der Waals surface area contributed by atoms with Crippen LogP contribution in [-0.4, -0.2) is 25.2 Å². The number of tetrazole rings is 1. The molecule has 0 aliphatic heterocycles. The third kappa shape index (κ3) is 1.56. The monoisotopic (exact) mass is 194 g/mol. The van der Waals surface area contributed by atoms with Crippen molar-refractivity contribution in [1.82, 2.24) is 25.2 Å². The minimum absolute atomic E-state index is 0.251. The summed E-state index contributed by atoms with van der Waals surface area (Å²) in [6, 6.07) is 0. The van der Waals surface area contributed by atoms with Crippen molar-refractivity contribution in [2.45, 2.75) is 19.9 Å². The molecular weight excluding hydrogens is 184 g/mol. The standard InChI is InChI=1S/C7H10N6O/c1-2-5-3-9-6(14-5)4-13-7(8)10-11-12-13/h3H,2,4H2,1H3,(H2,8,10,12). The number of nitrogen functional groups attached to an aromatic ring is 1. The second kappa shape index (κ2) is 3.44. The van der Waals surface area contributed by atoms with Crippen molar-refractivity contribution < 1.29 is 4.42 Å². The molecule has 74 valence electrons. The number of rotatable bonds is 3. The summed E-state index contributed by atoms with van der Waals surface area (Å²) in [5.74, 6) is 1.65. The molecule has 0 unspecified atom stereocenters. The van der Waals surface area contributed by atoms with Crippen molar-refractivity contribution in [2.24, 2.45) is 0 Å². The van der Waals surface area contributed by atoms with Gasteiger partial charge in [0.1, 0.15) is 12.3 Å². The molecule has 0 atom stereocenters. The molecule has 2 rings (SSSR count). The Morgan fingerprint density at radius 1 is 1.57 bits per heavy atom. The lowest BCUT2D eigenvalue weighted by Gasteiger charge is -1.95. The molecule has 0 aliphatic carbocycles. The summed E-state index contributed by atoms with van der Waals surface area (Å²) in [5.41, 5.74) is 5.49. The van der Waals surface area contributed by atoms with Crippen LogP contribution in [0.3, 0.4) is 0 Å². The van der Waals surface area contributed by atoms with E-state index in [-0.39, 0.29) is 5.95 Å². The number of aryl methyl sites for hydroxylation is 1. The minimum atomic E-state index is 0.251. The highest BCUT2D eigenvalue weighted by atomic mass is 16.4. The molecule has 7 heteroatoms. The van der Waals surface area contributed by atoms with Crippen LogP contribution in [0.4, 0.5) is 5.95 Å². The minimum Gasteiger partial charge on any atom is -0.444 e. The van der Waals surface area contributed by atoms with Gasteiger partial charge in [-0.2, -0.15) is 0 Å². The maximum Gasteiger partial charge on any atom is 0.240 e. The van der Waals surface area contributed by atoms with E-state index in [4.69, 9.17) is 10.2 Å². The zero-order valence-corrected chi connectivity index (χ0v) is 7.71. The molecule has 0 spiro atoms.